The summed E-state index contributed by atoms with van der Waals surface area (Å²) in [5, 5.41) is 3.34. The highest BCUT2D eigenvalue weighted by atomic mass is 16.1. The summed E-state index contributed by atoms with van der Waals surface area (Å²) in [5.74, 6) is 0.179. The molecule has 0 aliphatic rings. The number of nitrogens with zero attached hydrogens (tertiary/aromatic N) is 1. The van der Waals surface area contributed by atoms with Crippen LogP contribution in [0.15, 0.2) is 24.3 Å². The van der Waals surface area contributed by atoms with Crippen molar-refractivity contribution in [1.29, 1.82) is 0 Å². The lowest BCUT2D eigenvalue weighted by Crippen LogP contribution is -2.35. The summed E-state index contributed by atoms with van der Waals surface area (Å²) in [6.45, 7) is 12.7. The number of benzene rings is 1. The van der Waals surface area contributed by atoms with Gasteiger partial charge in [0.25, 0.3) is 0 Å². The average molecular weight is 290 g/mol. The first-order valence-electron chi connectivity index (χ1n) is 8.15. The second-order valence-electron chi connectivity index (χ2n) is 5.64. The van der Waals surface area contributed by atoms with Crippen LogP contribution in [0.2, 0.25) is 0 Å². The Hall–Kier alpha value is -1.19. The summed E-state index contributed by atoms with van der Waals surface area (Å²) in [6, 6.07) is 7.70. The van der Waals surface area contributed by atoms with Gasteiger partial charge in [0.1, 0.15) is 0 Å². The third-order valence-electron chi connectivity index (χ3n) is 3.98. The van der Waals surface area contributed by atoms with Gasteiger partial charge in [-0.25, -0.2) is 0 Å². The SMILES string of the molecule is CCN(CC)CCCCNC(C)C(=O)c1ccc(C)cc1. The van der Waals surface area contributed by atoms with Crippen molar-refractivity contribution in [1.82, 2.24) is 10.2 Å². The fourth-order valence-corrected chi connectivity index (χ4v) is 2.38. The van der Waals surface area contributed by atoms with Crippen LogP contribution >= 0.6 is 0 Å². The van der Waals surface area contributed by atoms with Gasteiger partial charge in [-0.1, -0.05) is 43.7 Å². The van der Waals surface area contributed by atoms with E-state index in [4.69, 9.17) is 0 Å². The molecule has 0 bridgehead atoms. The highest BCUT2D eigenvalue weighted by molar-refractivity contribution is 5.99. The standard InChI is InChI=1S/C18H30N2O/c1-5-20(6-2)14-8-7-13-19-16(4)18(21)17-11-9-15(3)10-12-17/h9-12,16,19H,5-8,13-14H2,1-4H3. The molecule has 1 atom stereocenters. The number of hydrogen-bond donors (Lipinski definition) is 1. The molecule has 1 aromatic rings. The van der Waals surface area contributed by atoms with E-state index in [2.05, 4.69) is 24.1 Å². The second kappa shape index (κ2) is 9.69. The Morgan fingerprint density at radius 2 is 1.76 bits per heavy atom. The highest BCUT2D eigenvalue weighted by Gasteiger charge is 2.13. The number of carbonyl (C=O) groups excluding carboxylic acids is 1. The first-order valence-corrected chi connectivity index (χ1v) is 8.15. The molecule has 0 saturated carbocycles. The maximum Gasteiger partial charge on any atom is 0.179 e. The Balaban J connectivity index is 2.25. The lowest BCUT2D eigenvalue weighted by atomic mass is 10.0. The van der Waals surface area contributed by atoms with E-state index in [1.165, 1.54) is 12.0 Å². The predicted molar refractivity (Wildman–Crippen MR) is 90.0 cm³/mol. The fraction of sp³-hybridized carbons (Fsp3) is 0.611. The number of carbonyl (C=O) groups is 1. The normalized spacial score (nSPS) is 12.6. The summed E-state index contributed by atoms with van der Waals surface area (Å²) in [6.07, 6.45) is 2.29. The number of unbranched alkanes of at least 4 members (excludes halogenated alkanes) is 1. The topological polar surface area (TPSA) is 32.3 Å². The van der Waals surface area contributed by atoms with E-state index in [1.54, 1.807) is 0 Å². The number of nitrogens with one attached hydrogen (secondary N) is 1. The van der Waals surface area contributed by atoms with Crippen molar-refractivity contribution in [3.05, 3.63) is 35.4 Å². The maximum absolute atomic E-state index is 12.2. The molecule has 3 heteroatoms. The minimum Gasteiger partial charge on any atom is -0.307 e. The van der Waals surface area contributed by atoms with Gasteiger partial charge in [-0.2, -0.15) is 0 Å². The first kappa shape index (κ1) is 17.9. The molecule has 1 N–H and O–H groups in total. The average Bonchev–Trinajstić information content (AvgIpc) is 2.50. The van der Waals surface area contributed by atoms with Crippen molar-refractivity contribution < 1.29 is 4.79 Å². The summed E-state index contributed by atoms with van der Waals surface area (Å²) in [4.78, 5) is 14.7. The van der Waals surface area contributed by atoms with E-state index >= 15 is 0 Å². The van der Waals surface area contributed by atoms with Crippen molar-refractivity contribution in [2.75, 3.05) is 26.2 Å². The lowest BCUT2D eigenvalue weighted by Gasteiger charge is -2.18. The van der Waals surface area contributed by atoms with Crippen molar-refractivity contribution in [3.63, 3.8) is 0 Å². The fourth-order valence-electron chi connectivity index (χ4n) is 2.38. The Morgan fingerprint density at radius 1 is 1.14 bits per heavy atom. The van der Waals surface area contributed by atoms with Gasteiger partial charge >= 0.3 is 0 Å². The first-order chi connectivity index (χ1) is 10.1. The van der Waals surface area contributed by atoms with Crippen molar-refractivity contribution >= 4 is 5.78 Å². The van der Waals surface area contributed by atoms with Crippen LogP contribution < -0.4 is 5.32 Å². The monoisotopic (exact) mass is 290 g/mol. The molecule has 1 unspecified atom stereocenters. The molecular formula is C18H30N2O. The van der Waals surface area contributed by atoms with Crippen molar-refractivity contribution in [2.24, 2.45) is 0 Å². The quantitative estimate of drug-likeness (QED) is 0.530. The second-order valence-corrected chi connectivity index (χ2v) is 5.64. The van der Waals surface area contributed by atoms with Crippen molar-refractivity contribution in [3.8, 4) is 0 Å². The van der Waals surface area contributed by atoms with Gasteiger partial charge < -0.3 is 10.2 Å². The van der Waals surface area contributed by atoms with Crippen LogP contribution in [0.5, 0.6) is 0 Å². The zero-order chi connectivity index (χ0) is 15.7. The molecule has 0 spiro atoms. The Labute approximate surface area is 129 Å². The van der Waals surface area contributed by atoms with Gasteiger partial charge in [0.15, 0.2) is 5.78 Å². The van der Waals surface area contributed by atoms with Gasteiger partial charge in [-0.15, -0.1) is 0 Å². The number of Topliss-reactive ketones (excluding diaryl/α,β-unsaturated/α-hetero) is 1. The van der Waals surface area contributed by atoms with Gasteiger partial charge in [-0.3, -0.25) is 4.79 Å². The van der Waals surface area contributed by atoms with Gasteiger partial charge in [0, 0.05) is 5.56 Å². The molecule has 0 aliphatic heterocycles. The Morgan fingerprint density at radius 3 is 2.33 bits per heavy atom. The van der Waals surface area contributed by atoms with E-state index < -0.39 is 0 Å². The third kappa shape index (κ3) is 6.40. The molecule has 3 nitrogen and oxygen atoms in total. The van der Waals surface area contributed by atoms with Crippen LogP contribution in [0.3, 0.4) is 0 Å². The molecule has 0 radical (unpaired) electrons. The van der Waals surface area contributed by atoms with Crippen LogP contribution in [0, 0.1) is 6.92 Å². The smallest absolute Gasteiger partial charge is 0.179 e. The molecule has 0 heterocycles. The maximum atomic E-state index is 12.2. The minimum absolute atomic E-state index is 0.110. The van der Waals surface area contributed by atoms with Crippen LogP contribution in [-0.4, -0.2) is 42.9 Å². The minimum atomic E-state index is -0.110. The molecule has 0 saturated heterocycles. The van der Waals surface area contributed by atoms with Crippen molar-refractivity contribution in [2.45, 2.75) is 46.6 Å². The van der Waals surface area contributed by atoms with E-state index in [9.17, 15) is 4.79 Å². The Kier molecular flexibility index (Phi) is 8.24. The van der Waals surface area contributed by atoms with E-state index in [-0.39, 0.29) is 11.8 Å². The van der Waals surface area contributed by atoms with Crippen LogP contribution in [0.25, 0.3) is 0 Å². The molecule has 1 rings (SSSR count). The zero-order valence-electron chi connectivity index (χ0n) is 14.0. The molecular weight excluding hydrogens is 260 g/mol. The summed E-state index contributed by atoms with van der Waals surface area (Å²) in [7, 11) is 0. The Bertz CT molecular complexity index is 410. The number of ketones is 1. The van der Waals surface area contributed by atoms with E-state index in [1.807, 2.05) is 38.1 Å². The summed E-state index contributed by atoms with van der Waals surface area (Å²) >= 11 is 0. The highest BCUT2D eigenvalue weighted by Crippen LogP contribution is 2.06. The van der Waals surface area contributed by atoms with Gasteiger partial charge in [0.05, 0.1) is 6.04 Å². The molecule has 0 aromatic heterocycles. The predicted octanol–water partition coefficient (Wildman–Crippen LogP) is 3.28. The molecule has 21 heavy (non-hydrogen) atoms. The number of hydrogen-bond acceptors (Lipinski definition) is 3. The van der Waals surface area contributed by atoms with Gasteiger partial charge in [0.2, 0.25) is 0 Å². The van der Waals surface area contributed by atoms with E-state index in [0.29, 0.717) is 0 Å². The molecule has 0 aliphatic carbocycles. The molecule has 0 fully saturated rings. The summed E-state index contributed by atoms with van der Waals surface area (Å²) in [5.41, 5.74) is 1.98. The van der Waals surface area contributed by atoms with E-state index in [0.717, 1.165) is 38.2 Å². The van der Waals surface area contributed by atoms with Gasteiger partial charge in [-0.05, 0) is 52.9 Å². The lowest BCUT2D eigenvalue weighted by molar-refractivity contribution is 0.0951. The molecule has 118 valence electrons. The van der Waals surface area contributed by atoms with Crippen LogP contribution in [-0.2, 0) is 0 Å². The van der Waals surface area contributed by atoms with Crippen LogP contribution in [0.1, 0.15) is 49.5 Å². The van der Waals surface area contributed by atoms with Crippen LogP contribution in [0.4, 0.5) is 0 Å². The molecule has 0 amide bonds. The number of rotatable bonds is 10. The third-order valence-corrected chi connectivity index (χ3v) is 3.98. The summed E-state index contributed by atoms with van der Waals surface area (Å²) < 4.78 is 0. The zero-order valence-corrected chi connectivity index (χ0v) is 14.0. The largest absolute Gasteiger partial charge is 0.307 e. The molecule has 1 aromatic carbocycles. The number of aryl methyl sites for hydroxylation is 1.